The highest BCUT2D eigenvalue weighted by Gasteiger charge is 2.27. The molecule has 1 fully saturated rings. The van der Waals surface area contributed by atoms with Crippen molar-refractivity contribution in [1.82, 2.24) is 9.47 Å². The van der Waals surface area contributed by atoms with Crippen LogP contribution in [0.25, 0.3) is 17.0 Å². The summed E-state index contributed by atoms with van der Waals surface area (Å²) in [6.45, 7) is 7.87. The highest BCUT2D eigenvalue weighted by Crippen LogP contribution is 2.26. The Morgan fingerprint density at radius 3 is 2.36 bits per heavy atom. The Kier molecular flexibility index (Phi) is 7.73. The van der Waals surface area contributed by atoms with E-state index in [0.29, 0.717) is 19.0 Å². The first-order valence-corrected chi connectivity index (χ1v) is 12.5. The van der Waals surface area contributed by atoms with E-state index in [9.17, 15) is 14.4 Å². The first-order chi connectivity index (χ1) is 17.3. The third kappa shape index (κ3) is 6.11. The standard InChI is InChI=1S/C20H26N2O3.C10H8O/c1-20(2,3)25-19(24)21-10-8-15(9-11-21)13-22-17(14-23)12-16-6-4-5-7-18(16)22;11-7-8-5-9-3-1-2-4-10(9)6-8/h4-7,12,14-15H,8-11,13H2,1-3H3;1-5,7H,6H2. The van der Waals surface area contributed by atoms with Crippen molar-refractivity contribution in [2.75, 3.05) is 13.1 Å². The van der Waals surface area contributed by atoms with E-state index < -0.39 is 5.60 Å². The molecule has 1 aliphatic carbocycles. The van der Waals surface area contributed by atoms with Crippen LogP contribution in [0, 0.1) is 5.92 Å². The molecule has 1 amide bonds. The third-order valence-electron chi connectivity index (χ3n) is 6.61. The van der Waals surface area contributed by atoms with Crippen LogP contribution >= 0.6 is 0 Å². The number of allylic oxidation sites excluding steroid dienone is 1. The molecule has 2 heterocycles. The van der Waals surface area contributed by atoms with Gasteiger partial charge in [0.15, 0.2) is 6.29 Å². The maximum Gasteiger partial charge on any atom is 0.410 e. The SMILES string of the molecule is CC(C)(C)OC(=O)N1CCC(Cn2c(C=O)cc3ccccc32)CC1.O=CC1=Cc2ccccc2C1. The predicted molar refractivity (Wildman–Crippen MR) is 142 cm³/mol. The fourth-order valence-electron chi connectivity index (χ4n) is 4.80. The second-order valence-corrected chi connectivity index (χ2v) is 10.5. The van der Waals surface area contributed by atoms with E-state index in [-0.39, 0.29) is 6.09 Å². The first kappa shape index (κ1) is 25.4. The highest BCUT2D eigenvalue weighted by atomic mass is 16.6. The molecule has 1 aliphatic heterocycles. The topological polar surface area (TPSA) is 68.6 Å². The molecule has 6 heteroatoms. The number of para-hydroxylation sites is 1. The van der Waals surface area contributed by atoms with Crippen LogP contribution in [0.5, 0.6) is 0 Å². The molecule has 0 atom stereocenters. The summed E-state index contributed by atoms with van der Waals surface area (Å²) in [6.07, 6.45) is 6.22. The molecular formula is C30H34N2O4. The maximum absolute atomic E-state index is 12.2. The molecule has 5 rings (SSSR count). The summed E-state index contributed by atoms with van der Waals surface area (Å²) in [5.74, 6) is 0.452. The van der Waals surface area contributed by atoms with Crippen LogP contribution in [0.2, 0.25) is 0 Å². The van der Waals surface area contributed by atoms with E-state index in [0.717, 1.165) is 60.5 Å². The Morgan fingerprint density at radius 1 is 1.00 bits per heavy atom. The van der Waals surface area contributed by atoms with Crippen molar-refractivity contribution in [1.29, 1.82) is 0 Å². The Labute approximate surface area is 212 Å². The van der Waals surface area contributed by atoms with Gasteiger partial charge in [-0.25, -0.2) is 4.79 Å². The van der Waals surface area contributed by atoms with Crippen molar-refractivity contribution in [3.05, 3.63) is 77.0 Å². The normalized spacial score (nSPS) is 15.5. The average molecular weight is 487 g/mol. The molecule has 1 saturated heterocycles. The lowest BCUT2D eigenvalue weighted by Crippen LogP contribution is -2.42. The van der Waals surface area contributed by atoms with Crippen LogP contribution < -0.4 is 0 Å². The number of hydrogen-bond donors (Lipinski definition) is 0. The number of ether oxygens (including phenoxy) is 1. The summed E-state index contributed by atoms with van der Waals surface area (Å²) in [5.41, 5.74) is 4.68. The number of aromatic nitrogens is 1. The lowest BCUT2D eigenvalue weighted by molar-refractivity contribution is -0.104. The van der Waals surface area contributed by atoms with Crippen molar-refractivity contribution >= 4 is 35.6 Å². The zero-order valence-electron chi connectivity index (χ0n) is 21.3. The Bertz CT molecular complexity index is 1270. The molecule has 1 aromatic heterocycles. The van der Waals surface area contributed by atoms with Gasteiger partial charge in [0, 0.05) is 37.0 Å². The van der Waals surface area contributed by atoms with Gasteiger partial charge in [-0.05, 0) is 74.4 Å². The molecule has 188 valence electrons. The Hall–Kier alpha value is -3.67. The summed E-state index contributed by atoms with van der Waals surface area (Å²) < 4.78 is 7.56. The largest absolute Gasteiger partial charge is 0.444 e. The number of rotatable bonds is 4. The Morgan fingerprint density at radius 2 is 1.69 bits per heavy atom. The fraction of sp³-hybridized carbons (Fsp3) is 0.367. The van der Waals surface area contributed by atoms with Crippen molar-refractivity contribution in [2.45, 2.75) is 52.2 Å². The molecule has 3 aromatic rings. The predicted octanol–water partition coefficient (Wildman–Crippen LogP) is 5.93. The number of fused-ring (bicyclic) bond motifs is 2. The number of amides is 1. The van der Waals surface area contributed by atoms with E-state index >= 15 is 0 Å². The van der Waals surface area contributed by atoms with Crippen molar-refractivity contribution in [2.24, 2.45) is 5.92 Å². The molecule has 2 aliphatic rings. The monoisotopic (exact) mass is 486 g/mol. The highest BCUT2D eigenvalue weighted by molar-refractivity contribution is 5.89. The van der Waals surface area contributed by atoms with Gasteiger partial charge in [0.2, 0.25) is 0 Å². The lowest BCUT2D eigenvalue weighted by atomic mass is 9.97. The van der Waals surface area contributed by atoms with Gasteiger partial charge >= 0.3 is 6.09 Å². The maximum atomic E-state index is 12.2. The number of hydrogen-bond acceptors (Lipinski definition) is 4. The second kappa shape index (κ2) is 10.9. The second-order valence-electron chi connectivity index (χ2n) is 10.5. The van der Waals surface area contributed by atoms with Gasteiger partial charge < -0.3 is 14.2 Å². The van der Waals surface area contributed by atoms with Gasteiger partial charge in [0.05, 0.1) is 5.69 Å². The van der Waals surface area contributed by atoms with Crippen molar-refractivity contribution in [3.8, 4) is 0 Å². The van der Waals surface area contributed by atoms with Gasteiger partial charge in [0.25, 0.3) is 0 Å². The first-order valence-electron chi connectivity index (χ1n) is 12.5. The Balaban J connectivity index is 0.000000229. The molecular weight excluding hydrogens is 452 g/mol. The number of aldehydes is 2. The molecule has 0 saturated carbocycles. The third-order valence-corrected chi connectivity index (χ3v) is 6.61. The quantitative estimate of drug-likeness (QED) is 0.429. The lowest BCUT2D eigenvalue weighted by Gasteiger charge is -2.33. The minimum atomic E-state index is -0.461. The van der Waals surface area contributed by atoms with Gasteiger partial charge in [-0.1, -0.05) is 42.5 Å². The van der Waals surface area contributed by atoms with Gasteiger partial charge in [-0.3, -0.25) is 9.59 Å². The van der Waals surface area contributed by atoms with E-state index in [1.165, 1.54) is 11.1 Å². The number of piperidine rings is 1. The fourth-order valence-corrected chi connectivity index (χ4v) is 4.80. The summed E-state index contributed by atoms with van der Waals surface area (Å²) in [7, 11) is 0. The van der Waals surface area contributed by atoms with E-state index in [2.05, 4.69) is 16.7 Å². The zero-order chi connectivity index (χ0) is 25.7. The number of carbonyl (C=O) groups excluding carboxylic acids is 3. The molecule has 0 radical (unpaired) electrons. The summed E-state index contributed by atoms with van der Waals surface area (Å²) in [5, 5.41) is 1.09. The van der Waals surface area contributed by atoms with Crippen LogP contribution in [0.15, 0.2) is 60.2 Å². The molecule has 0 N–H and O–H groups in total. The van der Waals surface area contributed by atoms with E-state index in [1.807, 2.05) is 69.3 Å². The van der Waals surface area contributed by atoms with Gasteiger partial charge in [0.1, 0.15) is 11.9 Å². The summed E-state index contributed by atoms with van der Waals surface area (Å²) >= 11 is 0. The van der Waals surface area contributed by atoms with Gasteiger partial charge in [-0.2, -0.15) is 0 Å². The van der Waals surface area contributed by atoms with Crippen LogP contribution in [-0.4, -0.2) is 46.8 Å². The molecule has 0 spiro atoms. The summed E-state index contributed by atoms with van der Waals surface area (Å²) in [6, 6.07) is 18.1. The van der Waals surface area contributed by atoms with Crippen molar-refractivity contribution in [3.63, 3.8) is 0 Å². The molecule has 2 aromatic carbocycles. The minimum absolute atomic E-state index is 0.231. The molecule has 6 nitrogen and oxygen atoms in total. The van der Waals surface area contributed by atoms with Crippen LogP contribution in [-0.2, 0) is 22.5 Å². The van der Waals surface area contributed by atoms with E-state index in [4.69, 9.17) is 4.74 Å². The number of benzene rings is 2. The summed E-state index contributed by atoms with van der Waals surface area (Å²) in [4.78, 5) is 35.8. The average Bonchev–Trinajstić information content (AvgIpc) is 3.45. The number of nitrogens with zero attached hydrogens (tertiary/aromatic N) is 2. The van der Waals surface area contributed by atoms with Gasteiger partial charge in [-0.15, -0.1) is 0 Å². The van der Waals surface area contributed by atoms with E-state index in [1.54, 1.807) is 4.90 Å². The molecule has 0 unspecified atom stereocenters. The van der Waals surface area contributed by atoms with Crippen molar-refractivity contribution < 1.29 is 19.1 Å². The molecule has 0 bridgehead atoms. The number of carbonyl (C=O) groups is 3. The van der Waals surface area contributed by atoms with Crippen LogP contribution in [0.1, 0.15) is 55.2 Å². The smallest absolute Gasteiger partial charge is 0.410 e. The van der Waals surface area contributed by atoms with Crippen LogP contribution in [0.3, 0.4) is 0 Å². The number of likely N-dealkylation sites (tertiary alicyclic amines) is 1. The molecule has 36 heavy (non-hydrogen) atoms. The van der Waals surface area contributed by atoms with Crippen LogP contribution in [0.4, 0.5) is 4.79 Å². The minimum Gasteiger partial charge on any atom is -0.444 e. The zero-order valence-corrected chi connectivity index (χ0v) is 21.3.